The molecule has 0 aromatic heterocycles. The van der Waals surface area contributed by atoms with Crippen LogP contribution in [0.3, 0.4) is 0 Å². The smallest absolute Gasteiger partial charge is 0.275 e. The second-order valence-electron chi connectivity index (χ2n) is 8.94. The molecule has 0 fully saturated rings. The van der Waals surface area contributed by atoms with Gasteiger partial charge in [0.25, 0.3) is 5.97 Å². The lowest BCUT2D eigenvalue weighted by molar-refractivity contribution is -0.315. The number of rotatable bonds is 23. The highest BCUT2D eigenvalue weighted by Gasteiger charge is 2.16. The molecule has 0 saturated carbocycles. The SMILES string of the molecule is CCCCCCCCC=CCCCCCCCCCCCCCCCC(O)(O)O. The van der Waals surface area contributed by atoms with E-state index in [1.807, 2.05) is 0 Å². The van der Waals surface area contributed by atoms with Gasteiger partial charge in [-0.1, -0.05) is 122 Å². The van der Waals surface area contributed by atoms with Crippen LogP contribution in [0.4, 0.5) is 0 Å². The van der Waals surface area contributed by atoms with Gasteiger partial charge in [-0.25, -0.2) is 0 Å². The maximum absolute atomic E-state index is 8.80. The molecule has 0 radical (unpaired) electrons. The van der Waals surface area contributed by atoms with E-state index in [9.17, 15) is 0 Å². The molecule has 0 unspecified atom stereocenters. The fraction of sp³-hybridized carbons (Fsp3) is 0.923. The summed E-state index contributed by atoms with van der Waals surface area (Å²) in [6.45, 7) is 2.28. The van der Waals surface area contributed by atoms with Gasteiger partial charge in [0, 0.05) is 6.42 Å². The Morgan fingerprint density at radius 3 is 1.10 bits per heavy atom. The number of allylic oxidation sites excluding steroid dienone is 2. The van der Waals surface area contributed by atoms with Gasteiger partial charge >= 0.3 is 0 Å². The van der Waals surface area contributed by atoms with Crippen molar-refractivity contribution >= 4 is 0 Å². The summed E-state index contributed by atoms with van der Waals surface area (Å²) < 4.78 is 0. The molecule has 3 heteroatoms. The van der Waals surface area contributed by atoms with Gasteiger partial charge in [-0.3, -0.25) is 0 Å². The van der Waals surface area contributed by atoms with Crippen molar-refractivity contribution in [3.05, 3.63) is 12.2 Å². The Bertz CT molecular complexity index is 333. The number of hydrogen-bond donors (Lipinski definition) is 3. The first kappa shape index (κ1) is 28.6. The summed E-state index contributed by atoms with van der Waals surface area (Å²) in [5.74, 6) is -2.47. The third-order valence-corrected chi connectivity index (χ3v) is 5.77. The summed E-state index contributed by atoms with van der Waals surface area (Å²) >= 11 is 0. The summed E-state index contributed by atoms with van der Waals surface area (Å²) in [7, 11) is 0. The van der Waals surface area contributed by atoms with E-state index < -0.39 is 5.97 Å². The average Bonchev–Trinajstić information content (AvgIpc) is 2.67. The fourth-order valence-corrected chi connectivity index (χ4v) is 3.85. The summed E-state index contributed by atoms with van der Waals surface area (Å²) in [6.07, 6.45) is 32.0. The van der Waals surface area contributed by atoms with E-state index in [0.29, 0.717) is 6.42 Å². The van der Waals surface area contributed by atoms with Gasteiger partial charge < -0.3 is 15.3 Å². The van der Waals surface area contributed by atoms with E-state index in [-0.39, 0.29) is 6.42 Å². The lowest BCUT2D eigenvalue weighted by Gasteiger charge is -2.12. The molecule has 0 aliphatic carbocycles. The van der Waals surface area contributed by atoms with E-state index >= 15 is 0 Å². The van der Waals surface area contributed by atoms with Crippen LogP contribution < -0.4 is 0 Å². The Morgan fingerprint density at radius 1 is 0.448 bits per heavy atom. The fourth-order valence-electron chi connectivity index (χ4n) is 3.85. The van der Waals surface area contributed by atoms with E-state index in [4.69, 9.17) is 15.3 Å². The van der Waals surface area contributed by atoms with Gasteiger partial charge in [-0.2, -0.15) is 0 Å². The molecule has 0 aliphatic rings. The quantitative estimate of drug-likeness (QED) is 0.0912. The maximum atomic E-state index is 8.80. The van der Waals surface area contributed by atoms with Crippen molar-refractivity contribution in [1.29, 1.82) is 0 Å². The zero-order chi connectivity index (χ0) is 21.5. The Labute approximate surface area is 182 Å². The number of aliphatic hydroxyl groups is 3. The van der Waals surface area contributed by atoms with Gasteiger partial charge in [-0.15, -0.1) is 0 Å². The summed E-state index contributed by atoms with van der Waals surface area (Å²) in [4.78, 5) is 0. The highest BCUT2D eigenvalue weighted by atomic mass is 16.7. The normalized spacial score (nSPS) is 12.3. The largest absolute Gasteiger partial charge is 0.344 e. The standard InChI is InChI=1S/C26H52O3/c1-2-3-4-5-6-7-8-9-10-11-12-13-14-15-16-17-18-19-20-21-22-23-24-25-26(27,28)29/h9-10,27-29H,2-8,11-25H2,1H3. The summed E-state index contributed by atoms with van der Waals surface area (Å²) in [6, 6.07) is 0. The molecule has 0 amide bonds. The third kappa shape index (κ3) is 27.6. The molecule has 0 aliphatic heterocycles. The first-order valence-electron chi connectivity index (χ1n) is 12.9. The van der Waals surface area contributed by atoms with E-state index in [1.54, 1.807) is 0 Å². The van der Waals surface area contributed by atoms with Crippen molar-refractivity contribution in [3.63, 3.8) is 0 Å². The molecule has 0 aromatic carbocycles. The van der Waals surface area contributed by atoms with Crippen LogP contribution in [0.25, 0.3) is 0 Å². The molecule has 0 heterocycles. The van der Waals surface area contributed by atoms with Gasteiger partial charge in [-0.05, 0) is 32.1 Å². The summed E-state index contributed by atoms with van der Waals surface area (Å²) in [5, 5.41) is 26.4. The lowest BCUT2D eigenvalue weighted by Crippen LogP contribution is -2.26. The highest BCUT2D eigenvalue weighted by Crippen LogP contribution is 2.15. The van der Waals surface area contributed by atoms with E-state index in [0.717, 1.165) is 12.8 Å². The van der Waals surface area contributed by atoms with Crippen LogP contribution in [0, 0.1) is 0 Å². The molecule has 0 spiro atoms. The van der Waals surface area contributed by atoms with Crippen LogP contribution in [-0.4, -0.2) is 21.3 Å². The lowest BCUT2D eigenvalue weighted by atomic mass is 10.0. The molecule has 0 saturated heterocycles. The molecule has 0 aromatic rings. The average molecular weight is 413 g/mol. The van der Waals surface area contributed by atoms with Crippen molar-refractivity contribution in [2.75, 3.05) is 0 Å². The number of unbranched alkanes of at least 4 members (excludes halogenated alkanes) is 19. The molecule has 174 valence electrons. The monoisotopic (exact) mass is 412 g/mol. The second kappa shape index (κ2) is 22.3. The first-order valence-corrected chi connectivity index (χ1v) is 12.9. The molecule has 3 N–H and O–H groups in total. The molecular formula is C26H52O3. The molecule has 0 bridgehead atoms. The van der Waals surface area contributed by atoms with Crippen molar-refractivity contribution in [2.45, 2.75) is 154 Å². The molecule has 0 atom stereocenters. The molecule has 29 heavy (non-hydrogen) atoms. The Balaban J connectivity index is 3.09. The minimum Gasteiger partial charge on any atom is -0.344 e. The van der Waals surface area contributed by atoms with Crippen molar-refractivity contribution in [3.8, 4) is 0 Å². The molecule has 0 rings (SSSR count). The predicted octanol–water partition coefficient (Wildman–Crippen LogP) is 7.78. The molecular weight excluding hydrogens is 360 g/mol. The van der Waals surface area contributed by atoms with Crippen LogP contribution in [0.1, 0.15) is 148 Å². The minimum atomic E-state index is -2.47. The van der Waals surface area contributed by atoms with E-state index in [1.165, 1.54) is 116 Å². The van der Waals surface area contributed by atoms with Gasteiger partial charge in [0.05, 0.1) is 0 Å². The van der Waals surface area contributed by atoms with Crippen LogP contribution >= 0.6 is 0 Å². The van der Waals surface area contributed by atoms with Gasteiger partial charge in [0.15, 0.2) is 0 Å². The Kier molecular flexibility index (Phi) is 22.0. The van der Waals surface area contributed by atoms with Crippen LogP contribution in [0.5, 0.6) is 0 Å². The highest BCUT2D eigenvalue weighted by molar-refractivity contribution is 4.81. The Morgan fingerprint density at radius 2 is 0.759 bits per heavy atom. The topological polar surface area (TPSA) is 60.7 Å². The summed E-state index contributed by atoms with van der Waals surface area (Å²) in [5.41, 5.74) is 0. The Hall–Kier alpha value is -0.380. The van der Waals surface area contributed by atoms with Gasteiger partial charge in [0.2, 0.25) is 0 Å². The predicted molar refractivity (Wildman–Crippen MR) is 126 cm³/mol. The number of hydrogen-bond acceptors (Lipinski definition) is 3. The molecule has 3 nitrogen and oxygen atoms in total. The van der Waals surface area contributed by atoms with Crippen LogP contribution in [-0.2, 0) is 0 Å². The van der Waals surface area contributed by atoms with Crippen LogP contribution in [0.2, 0.25) is 0 Å². The zero-order valence-electron chi connectivity index (χ0n) is 19.6. The van der Waals surface area contributed by atoms with Crippen LogP contribution in [0.15, 0.2) is 12.2 Å². The van der Waals surface area contributed by atoms with Crippen molar-refractivity contribution < 1.29 is 15.3 Å². The van der Waals surface area contributed by atoms with Crippen molar-refractivity contribution in [1.82, 2.24) is 0 Å². The van der Waals surface area contributed by atoms with Crippen molar-refractivity contribution in [2.24, 2.45) is 0 Å². The first-order chi connectivity index (χ1) is 14.1. The third-order valence-electron chi connectivity index (χ3n) is 5.77. The second-order valence-corrected chi connectivity index (χ2v) is 8.94. The maximum Gasteiger partial charge on any atom is 0.275 e. The van der Waals surface area contributed by atoms with Gasteiger partial charge in [0.1, 0.15) is 0 Å². The van der Waals surface area contributed by atoms with E-state index in [2.05, 4.69) is 19.1 Å². The minimum absolute atomic E-state index is 0.0580. The zero-order valence-corrected chi connectivity index (χ0v) is 19.6.